The number of benzene rings is 3. The first-order valence-corrected chi connectivity index (χ1v) is 10.6. The lowest BCUT2D eigenvalue weighted by molar-refractivity contribution is 0.340. The second kappa shape index (κ2) is 8.29. The average Bonchev–Trinajstić information content (AvgIpc) is 3.06. The van der Waals surface area contributed by atoms with Gasteiger partial charge in [-0.15, -0.1) is 0 Å². The number of aryl methyl sites for hydroxylation is 1. The lowest BCUT2D eigenvalue weighted by atomic mass is 10.2. The molecule has 3 aromatic carbocycles. The molecule has 0 aliphatic carbocycles. The van der Waals surface area contributed by atoms with E-state index < -0.39 is 0 Å². The molecular weight excluding hydrogens is 388 g/mol. The van der Waals surface area contributed by atoms with Gasteiger partial charge in [-0.1, -0.05) is 53.2 Å². The van der Waals surface area contributed by atoms with Crippen LogP contribution in [-0.2, 0) is 5.75 Å². The van der Waals surface area contributed by atoms with E-state index in [9.17, 15) is 0 Å². The Balaban J connectivity index is 1.72. The molecule has 0 aliphatic rings. The Labute approximate surface area is 174 Å². The third kappa shape index (κ3) is 4.03. The van der Waals surface area contributed by atoms with Crippen molar-refractivity contribution in [1.29, 1.82) is 0 Å². The Morgan fingerprint density at radius 2 is 1.75 bits per heavy atom. The summed E-state index contributed by atoms with van der Waals surface area (Å²) in [7, 11) is 0. The lowest BCUT2D eigenvalue weighted by Gasteiger charge is -2.11. The molecule has 0 amide bonds. The molecule has 4 aromatic rings. The summed E-state index contributed by atoms with van der Waals surface area (Å²) in [5.74, 6) is 1.72. The smallest absolute Gasteiger partial charge is 0.174 e. The zero-order valence-electron chi connectivity index (χ0n) is 15.9. The largest absolute Gasteiger partial charge is 0.494 e. The molecule has 142 valence electrons. The molecule has 0 unspecified atom stereocenters. The van der Waals surface area contributed by atoms with E-state index >= 15 is 0 Å². The number of nitrogens with zero attached hydrogens (tertiary/aromatic N) is 2. The molecule has 0 atom stereocenters. The van der Waals surface area contributed by atoms with E-state index in [0.29, 0.717) is 11.6 Å². The minimum atomic E-state index is 0.653. The topological polar surface area (TPSA) is 27.1 Å². The third-order valence-corrected chi connectivity index (χ3v) is 5.73. The van der Waals surface area contributed by atoms with Crippen LogP contribution < -0.4 is 4.74 Å². The van der Waals surface area contributed by atoms with Crippen molar-refractivity contribution in [2.75, 3.05) is 6.61 Å². The number of fused-ring (bicyclic) bond motifs is 1. The van der Waals surface area contributed by atoms with Crippen molar-refractivity contribution in [2.45, 2.75) is 24.8 Å². The number of aromatic nitrogens is 2. The Hall–Kier alpha value is -2.43. The van der Waals surface area contributed by atoms with Gasteiger partial charge in [0.2, 0.25) is 0 Å². The first kappa shape index (κ1) is 18.9. The number of imidazole rings is 1. The van der Waals surface area contributed by atoms with Gasteiger partial charge in [-0.05, 0) is 61.9 Å². The van der Waals surface area contributed by atoms with Crippen molar-refractivity contribution < 1.29 is 4.74 Å². The molecule has 0 aliphatic heterocycles. The van der Waals surface area contributed by atoms with Crippen molar-refractivity contribution in [3.05, 3.63) is 82.9 Å². The van der Waals surface area contributed by atoms with Gasteiger partial charge < -0.3 is 4.74 Å². The molecule has 1 aromatic heterocycles. The molecule has 3 nitrogen and oxygen atoms in total. The molecule has 0 radical (unpaired) electrons. The molecule has 0 spiro atoms. The van der Waals surface area contributed by atoms with Gasteiger partial charge in [0.1, 0.15) is 5.75 Å². The molecule has 0 bridgehead atoms. The summed E-state index contributed by atoms with van der Waals surface area (Å²) < 4.78 is 7.74. The highest BCUT2D eigenvalue weighted by atomic mass is 35.5. The number of ether oxygens (including phenoxy) is 1. The molecule has 5 heteroatoms. The van der Waals surface area contributed by atoms with E-state index in [4.69, 9.17) is 21.3 Å². The Bertz CT molecular complexity index is 1090. The van der Waals surface area contributed by atoms with Crippen LogP contribution in [0.1, 0.15) is 18.1 Å². The van der Waals surface area contributed by atoms with Crippen molar-refractivity contribution in [2.24, 2.45) is 0 Å². The van der Waals surface area contributed by atoms with Crippen LogP contribution in [0.25, 0.3) is 16.7 Å². The predicted molar refractivity (Wildman–Crippen MR) is 118 cm³/mol. The van der Waals surface area contributed by atoms with E-state index in [0.717, 1.165) is 33.4 Å². The molecule has 0 fully saturated rings. The van der Waals surface area contributed by atoms with Gasteiger partial charge in [-0.2, -0.15) is 0 Å². The Kier molecular flexibility index (Phi) is 5.60. The minimum Gasteiger partial charge on any atom is -0.494 e. The maximum Gasteiger partial charge on any atom is 0.174 e. The fraction of sp³-hybridized carbons (Fsp3) is 0.174. The summed E-state index contributed by atoms with van der Waals surface area (Å²) in [6.45, 7) is 4.74. The van der Waals surface area contributed by atoms with Gasteiger partial charge in [0.25, 0.3) is 0 Å². The zero-order chi connectivity index (χ0) is 19.5. The van der Waals surface area contributed by atoms with E-state index in [-0.39, 0.29) is 0 Å². The van der Waals surface area contributed by atoms with E-state index in [2.05, 4.69) is 47.9 Å². The fourth-order valence-electron chi connectivity index (χ4n) is 3.06. The number of halogens is 1. The highest BCUT2D eigenvalue weighted by Crippen LogP contribution is 2.32. The molecule has 4 rings (SSSR count). The SMILES string of the molecule is CCOc1ccc(-n2c(SCc3ccc(C)cc3)nc3ccc(Cl)cc32)cc1. The van der Waals surface area contributed by atoms with Crippen molar-refractivity contribution in [3.8, 4) is 11.4 Å². The maximum atomic E-state index is 6.27. The van der Waals surface area contributed by atoms with Crippen molar-refractivity contribution in [3.63, 3.8) is 0 Å². The molecule has 0 N–H and O–H groups in total. The average molecular weight is 409 g/mol. The highest BCUT2D eigenvalue weighted by molar-refractivity contribution is 7.98. The molecule has 0 saturated heterocycles. The quantitative estimate of drug-likeness (QED) is 0.333. The number of hydrogen-bond donors (Lipinski definition) is 0. The van der Waals surface area contributed by atoms with Crippen molar-refractivity contribution >= 4 is 34.4 Å². The van der Waals surface area contributed by atoms with Crippen molar-refractivity contribution in [1.82, 2.24) is 9.55 Å². The van der Waals surface area contributed by atoms with Crippen LogP contribution in [0.2, 0.25) is 5.02 Å². The summed E-state index contributed by atoms with van der Waals surface area (Å²) in [5, 5.41) is 1.65. The number of rotatable bonds is 6. The summed E-state index contributed by atoms with van der Waals surface area (Å²) in [6.07, 6.45) is 0. The van der Waals surface area contributed by atoms with Crippen LogP contribution >= 0.6 is 23.4 Å². The maximum absolute atomic E-state index is 6.27. The molecule has 28 heavy (non-hydrogen) atoms. The molecule has 1 heterocycles. The number of thioether (sulfide) groups is 1. The second-order valence-corrected chi connectivity index (χ2v) is 7.94. The van der Waals surface area contributed by atoms with Crippen LogP contribution in [0, 0.1) is 6.92 Å². The third-order valence-electron chi connectivity index (χ3n) is 4.48. The van der Waals surface area contributed by atoms with Crippen LogP contribution in [0.5, 0.6) is 5.75 Å². The van der Waals surface area contributed by atoms with Crippen LogP contribution in [0.15, 0.2) is 71.9 Å². The normalized spacial score (nSPS) is 11.1. The van der Waals surface area contributed by atoms with Gasteiger partial charge in [0.15, 0.2) is 5.16 Å². The van der Waals surface area contributed by atoms with Gasteiger partial charge in [-0.3, -0.25) is 4.57 Å². The fourth-order valence-corrected chi connectivity index (χ4v) is 4.21. The van der Waals surface area contributed by atoms with Crippen LogP contribution in [0.3, 0.4) is 0 Å². The Morgan fingerprint density at radius 3 is 2.46 bits per heavy atom. The monoisotopic (exact) mass is 408 g/mol. The highest BCUT2D eigenvalue weighted by Gasteiger charge is 2.14. The summed E-state index contributed by atoms with van der Waals surface area (Å²) in [6, 6.07) is 22.5. The zero-order valence-corrected chi connectivity index (χ0v) is 17.4. The molecular formula is C23H21ClN2OS. The van der Waals surface area contributed by atoms with Gasteiger partial charge in [-0.25, -0.2) is 4.98 Å². The summed E-state index contributed by atoms with van der Waals surface area (Å²) in [5.41, 5.74) is 5.52. The Morgan fingerprint density at radius 1 is 1.00 bits per heavy atom. The summed E-state index contributed by atoms with van der Waals surface area (Å²) >= 11 is 8.00. The molecule has 0 saturated carbocycles. The summed E-state index contributed by atoms with van der Waals surface area (Å²) in [4.78, 5) is 4.86. The lowest BCUT2D eigenvalue weighted by Crippen LogP contribution is -1.98. The van der Waals surface area contributed by atoms with Gasteiger partial charge >= 0.3 is 0 Å². The first-order chi connectivity index (χ1) is 13.6. The second-order valence-electron chi connectivity index (χ2n) is 6.56. The van der Waals surface area contributed by atoms with E-state index in [1.165, 1.54) is 11.1 Å². The van der Waals surface area contributed by atoms with Crippen LogP contribution in [0.4, 0.5) is 0 Å². The van der Waals surface area contributed by atoms with E-state index in [1.807, 2.05) is 37.3 Å². The van der Waals surface area contributed by atoms with Crippen LogP contribution in [-0.4, -0.2) is 16.2 Å². The van der Waals surface area contributed by atoms with Gasteiger partial charge in [0.05, 0.1) is 17.6 Å². The van der Waals surface area contributed by atoms with Gasteiger partial charge in [0, 0.05) is 16.5 Å². The standard InChI is InChI=1S/C23H21ClN2OS/c1-3-27-20-11-9-19(10-12-20)26-22-14-18(24)8-13-21(22)25-23(26)28-15-17-6-4-16(2)5-7-17/h4-14H,3,15H2,1-2H3. The first-order valence-electron chi connectivity index (χ1n) is 9.23. The van der Waals surface area contributed by atoms with E-state index in [1.54, 1.807) is 11.8 Å². The predicted octanol–water partition coefficient (Wildman–Crippen LogP) is 6.68. The minimum absolute atomic E-state index is 0.653. The number of hydrogen-bond acceptors (Lipinski definition) is 3.